The fourth-order valence-corrected chi connectivity index (χ4v) is 1.27. The Morgan fingerprint density at radius 3 is 2.78 bits per heavy atom. The van der Waals surface area contributed by atoms with Crippen molar-refractivity contribution in [2.75, 3.05) is 17.7 Å². The van der Waals surface area contributed by atoms with Crippen LogP contribution in [0, 0.1) is 5.82 Å². The molecule has 2 aromatic rings. The molecule has 0 aromatic carbocycles. The summed E-state index contributed by atoms with van der Waals surface area (Å²) in [5.74, 6) is -1.40. The third kappa shape index (κ3) is 2.37. The molecule has 8 heteroatoms. The Labute approximate surface area is 101 Å². The van der Waals surface area contributed by atoms with E-state index in [4.69, 9.17) is 0 Å². The topological polar surface area (TPSA) is 92.7 Å². The number of amides is 1. The lowest BCUT2D eigenvalue weighted by molar-refractivity contribution is 0.102. The first kappa shape index (κ1) is 11.8. The number of nitrogens with one attached hydrogen (secondary N) is 2. The molecule has 2 aromatic heterocycles. The van der Waals surface area contributed by atoms with Gasteiger partial charge >= 0.3 is 0 Å². The summed E-state index contributed by atoms with van der Waals surface area (Å²) in [6, 6.07) is 1.27. The Kier molecular flexibility index (Phi) is 3.37. The van der Waals surface area contributed by atoms with E-state index in [-0.39, 0.29) is 17.3 Å². The third-order valence-electron chi connectivity index (χ3n) is 2.08. The van der Waals surface area contributed by atoms with Crippen LogP contribution in [0.25, 0.3) is 0 Å². The molecule has 0 saturated heterocycles. The number of aromatic nitrogens is 4. The molecule has 2 rings (SSSR count). The largest absolute Gasteiger partial charge is 0.371 e. The third-order valence-corrected chi connectivity index (χ3v) is 2.08. The lowest BCUT2D eigenvalue weighted by atomic mass is 10.2. The van der Waals surface area contributed by atoms with Gasteiger partial charge in [0.25, 0.3) is 5.91 Å². The first-order valence-electron chi connectivity index (χ1n) is 4.99. The van der Waals surface area contributed by atoms with Gasteiger partial charge in [-0.2, -0.15) is 5.10 Å². The summed E-state index contributed by atoms with van der Waals surface area (Å²) in [6.45, 7) is 0. The molecule has 0 saturated carbocycles. The summed E-state index contributed by atoms with van der Waals surface area (Å²) < 4.78 is 13.8. The standard InChI is InChI=1S/C10H9FN6O/c1-12-8-7(11)6(2-3-13-8)9(18)16-10-14-4-5-15-17-10/h2-5H,1H3,(H,12,13)(H,14,16,17,18). The molecular weight excluding hydrogens is 239 g/mol. The SMILES string of the molecule is CNc1nccc(C(=O)Nc2nccnn2)c1F. The van der Waals surface area contributed by atoms with Gasteiger partial charge in [-0.15, -0.1) is 5.10 Å². The van der Waals surface area contributed by atoms with Crippen molar-refractivity contribution in [1.82, 2.24) is 20.2 Å². The summed E-state index contributed by atoms with van der Waals surface area (Å²) in [4.78, 5) is 19.3. The maximum Gasteiger partial charge on any atom is 0.261 e. The first-order chi connectivity index (χ1) is 8.72. The highest BCUT2D eigenvalue weighted by Gasteiger charge is 2.16. The number of anilines is 2. The summed E-state index contributed by atoms with van der Waals surface area (Å²) in [5, 5.41) is 12.0. The smallest absolute Gasteiger partial charge is 0.261 e. The van der Waals surface area contributed by atoms with E-state index >= 15 is 0 Å². The molecule has 0 atom stereocenters. The number of hydrogen-bond donors (Lipinski definition) is 2. The lowest BCUT2D eigenvalue weighted by Crippen LogP contribution is -2.17. The Morgan fingerprint density at radius 1 is 1.28 bits per heavy atom. The van der Waals surface area contributed by atoms with E-state index in [2.05, 4.69) is 30.8 Å². The highest BCUT2D eigenvalue weighted by Crippen LogP contribution is 2.15. The van der Waals surface area contributed by atoms with Crippen LogP contribution in [0.15, 0.2) is 24.7 Å². The van der Waals surface area contributed by atoms with Crippen molar-refractivity contribution in [3.63, 3.8) is 0 Å². The van der Waals surface area contributed by atoms with Gasteiger partial charge in [0.2, 0.25) is 5.95 Å². The van der Waals surface area contributed by atoms with E-state index in [1.807, 2.05) is 0 Å². The Bertz CT molecular complexity index is 562. The maximum absolute atomic E-state index is 13.8. The molecule has 0 spiro atoms. The second kappa shape index (κ2) is 5.13. The van der Waals surface area contributed by atoms with E-state index < -0.39 is 11.7 Å². The van der Waals surface area contributed by atoms with Crippen LogP contribution >= 0.6 is 0 Å². The van der Waals surface area contributed by atoms with Crippen LogP contribution in [-0.4, -0.2) is 33.1 Å². The van der Waals surface area contributed by atoms with Crippen molar-refractivity contribution in [3.8, 4) is 0 Å². The van der Waals surface area contributed by atoms with Crippen molar-refractivity contribution >= 4 is 17.7 Å². The minimum atomic E-state index is -0.735. The monoisotopic (exact) mass is 248 g/mol. The van der Waals surface area contributed by atoms with Gasteiger partial charge < -0.3 is 5.32 Å². The van der Waals surface area contributed by atoms with Gasteiger partial charge in [0, 0.05) is 13.2 Å². The minimum Gasteiger partial charge on any atom is -0.371 e. The van der Waals surface area contributed by atoms with Gasteiger partial charge in [0.1, 0.15) is 0 Å². The molecule has 0 bridgehead atoms. The quantitative estimate of drug-likeness (QED) is 0.830. The Morgan fingerprint density at radius 2 is 2.11 bits per heavy atom. The molecule has 1 amide bonds. The van der Waals surface area contributed by atoms with Gasteiger partial charge in [-0.25, -0.2) is 14.4 Å². The van der Waals surface area contributed by atoms with E-state index in [1.54, 1.807) is 0 Å². The van der Waals surface area contributed by atoms with Gasteiger partial charge in [-0.1, -0.05) is 0 Å². The van der Waals surface area contributed by atoms with Crippen LogP contribution in [0.4, 0.5) is 16.2 Å². The summed E-state index contributed by atoms with van der Waals surface area (Å²) in [7, 11) is 1.51. The Balaban J connectivity index is 2.24. The number of hydrogen-bond acceptors (Lipinski definition) is 6. The number of pyridine rings is 1. The van der Waals surface area contributed by atoms with E-state index in [0.29, 0.717) is 0 Å². The van der Waals surface area contributed by atoms with Gasteiger partial charge in [0.15, 0.2) is 11.6 Å². The molecule has 0 aliphatic rings. The van der Waals surface area contributed by atoms with Crippen LogP contribution in [-0.2, 0) is 0 Å². The minimum absolute atomic E-state index is 0.00437. The highest BCUT2D eigenvalue weighted by atomic mass is 19.1. The zero-order chi connectivity index (χ0) is 13.0. The summed E-state index contributed by atoms with van der Waals surface area (Å²) in [6.07, 6.45) is 4.06. The van der Waals surface area contributed by atoms with E-state index in [0.717, 1.165) is 0 Å². The van der Waals surface area contributed by atoms with Crippen molar-refractivity contribution in [1.29, 1.82) is 0 Å². The number of halogens is 1. The second-order valence-electron chi connectivity index (χ2n) is 3.19. The van der Waals surface area contributed by atoms with E-state index in [9.17, 15) is 9.18 Å². The number of carbonyl (C=O) groups is 1. The maximum atomic E-state index is 13.8. The number of nitrogens with zero attached hydrogens (tertiary/aromatic N) is 4. The van der Waals surface area contributed by atoms with Crippen LogP contribution in [0.5, 0.6) is 0 Å². The number of rotatable bonds is 3. The first-order valence-corrected chi connectivity index (χ1v) is 4.99. The van der Waals surface area contributed by atoms with Crippen molar-refractivity contribution in [2.45, 2.75) is 0 Å². The second-order valence-corrected chi connectivity index (χ2v) is 3.19. The molecule has 0 unspecified atom stereocenters. The van der Waals surface area contributed by atoms with Crippen LogP contribution < -0.4 is 10.6 Å². The predicted octanol–water partition coefficient (Wildman–Crippen LogP) is 0.700. The highest BCUT2D eigenvalue weighted by molar-refractivity contribution is 6.03. The van der Waals surface area contributed by atoms with Crippen molar-refractivity contribution in [2.24, 2.45) is 0 Å². The average Bonchev–Trinajstić information content (AvgIpc) is 2.40. The molecule has 0 fully saturated rings. The average molecular weight is 248 g/mol. The van der Waals surface area contributed by atoms with Gasteiger partial charge in [-0.3, -0.25) is 10.1 Å². The fraction of sp³-hybridized carbons (Fsp3) is 0.100. The molecule has 0 radical (unpaired) electrons. The Hall–Kier alpha value is -2.64. The van der Waals surface area contributed by atoms with Crippen molar-refractivity contribution < 1.29 is 9.18 Å². The van der Waals surface area contributed by atoms with Gasteiger partial charge in [-0.05, 0) is 6.07 Å². The normalized spacial score (nSPS) is 9.89. The van der Waals surface area contributed by atoms with Crippen molar-refractivity contribution in [3.05, 3.63) is 36.0 Å². The molecule has 18 heavy (non-hydrogen) atoms. The molecule has 92 valence electrons. The van der Waals surface area contributed by atoms with Gasteiger partial charge in [0.05, 0.1) is 18.0 Å². The number of carbonyl (C=O) groups excluding carboxylic acids is 1. The molecule has 0 aliphatic heterocycles. The van der Waals surface area contributed by atoms with Crippen LogP contribution in [0.2, 0.25) is 0 Å². The van der Waals surface area contributed by atoms with E-state index in [1.165, 1.54) is 31.7 Å². The zero-order valence-corrected chi connectivity index (χ0v) is 9.38. The molecule has 0 aliphatic carbocycles. The fourth-order valence-electron chi connectivity index (χ4n) is 1.27. The molecule has 2 N–H and O–H groups in total. The lowest BCUT2D eigenvalue weighted by Gasteiger charge is -2.06. The molecule has 7 nitrogen and oxygen atoms in total. The van der Waals surface area contributed by atoms with Crippen LogP contribution in [0.3, 0.4) is 0 Å². The van der Waals surface area contributed by atoms with Crippen LogP contribution in [0.1, 0.15) is 10.4 Å². The predicted molar refractivity (Wildman–Crippen MR) is 61.5 cm³/mol. The summed E-state index contributed by atoms with van der Waals surface area (Å²) >= 11 is 0. The molecule has 2 heterocycles. The zero-order valence-electron chi connectivity index (χ0n) is 9.38. The molecular formula is C10H9FN6O. The summed E-state index contributed by atoms with van der Waals surface area (Å²) in [5.41, 5.74) is -0.151.